The fourth-order valence-electron chi connectivity index (χ4n) is 5.08. The molecule has 7 heteroatoms. The minimum absolute atomic E-state index is 0.0405. The van der Waals surface area contributed by atoms with Gasteiger partial charge in [0, 0.05) is 41.7 Å². The molecule has 1 aliphatic heterocycles. The summed E-state index contributed by atoms with van der Waals surface area (Å²) in [5, 5.41) is 14.7. The molecule has 1 amide bonds. The van der Waals surface area contributed by atoms with E-state index in [9.17, 15) is 10.1 Å². The van der Waals surface area contributed by atoms with E-state index in [1.54, 1.807) is 18.5 Å². The number of nitrogens with zero attached hydrogens (tertiary/aromatic N) is 6. The summed E-state index contributed by atoms with van der Waals surface area (Å²) in [7, 11) is 2.08. The lowest BCUT2D eigenvalue weighted by molar-refractivity contribution is -0.130. The van der Waals surface area contributed by atoms with Gasteiger partial charge in [0.15, 0.2) is 0 Å². The number of likely N-dealkylation sites (N-methyl/N-ethyl adjacent to an activating group) is 1. The van der Waals surface area contributed by atoms with Gasteiger partial charge in [0.2, 0.25) is 5.91 Å². The van der Waals surface area contributed by atoms with E-state index < -0.39 is 0 Å². The number of carbonyl (C=O) groups excluding carboxylic acids is 1. The molecule has 0 N–H and O–H groups in total. The molecule has 5 rings (SSSR count). The quantitative estimate of drug-likeness (QED) is 0.428. The highest BCUT2D eigenvalue weighted by atomic mass is 16.2. The molecule has 0 radical (unpaired) electrons. The Balaban J connectivity index is 1.54. The van der Waals surface area contributed by atoms with Crippen LogP contribution in [-0.4, -0.2) is 55.6 Å². The van der Waals surface area contributed by atoms with Crippen molar-refractivity contribution < 1.29 is 4.79 Å². The zero-order valence-corrected chi connectivity index (χ0v) is 23.0. The maximum absolute atomic E-state index is 13.6. The van der Waals surface area contributed by atoms with Crippen LogP contribution < -0.4 is 0 Å². The topological polar surface area (TPSA) is 78.1 Å². The van der Waals surface area contributed by atoms with Crippen molar-refractivity contribution in [1.29, 1.82) is 5.26 Å². The minimum Gasteiger partial charge on any atom is -0.328 e. The number of hydrogen-bond donors (Lipinski definition) is 0. The molecule has 1 atom stereocenters. The third-order valence-corrected chi connectivity index (χ3v) is 7.97. The Kier molecular flexibility index (Phi) is 6.93. The second kappa shape index (κ2) is 10.2. The lowest BCUT2D eigenvalue weighted by atomic mass is 9.96. The number of benzene rings is 1. The van der Waals surface area contributed by atoms with Crippen LogP contribution in [0.4, 0.5) is 0 Å². The molecule has 0 spiro atoms. The van der Waals surface area contributed by atoms with Crippen LogP contribution in [-0.2, 0) is 17.9 Å². The normalized spacial score (nSPS) is 17.6. The lowest BCUT2D eigenvalue weighted by Gasteiger charge is -2.36. The lowest BCUT2D eigenvalue weighted by Crippen LogP contribution is -2.47. The van der Waals surface area contributed by atoms with Crippen molar-refractivity contribution in [2.75, 3.05) is 13.6 Å². The average Bonchev–Trinajstić information content (AvgIpc) is 3.68. The van der Waals surface area contributed by atoms with Crippen LogP contribution >= 0.6 is 0 Å². The molecule has 2 aromatic heterocycles. The van der Waals surface area contributed by atoms with Crippen molar-refractivity contribution in [2.45, 2.75) is 65.2 Å². The molecular formula is C31H36N6O. The Morgan fingerprint density at radius 3 is 2.58 bits per heavy atom. The first kappa shape index (κ1) is 25.9. The third-order valence-electron chi connectivity index (χ3n) is 7.97. The molecule has 196 valence electrons. The van der Waals surface area contributed by atoms with E-state index in [0.717, 1.165) is 53.0 Å². The van der Waals surface area contributed by atoms with Gasteiger partial charge in [-0.05, 0) is 82.8 Å². The number of aromatic nitrogens is 3. The van der Waals surface area contributed by atoms with E-state index in [1.165, 1.54) is 0 Å². The maximum Gasteiger partial charge on any atom is 0.246 e. The van der Waals surface area contributed by atoms with Gasteiger partial charge in [0.25, 0.3) is 0 Å². The van der Waals surface area contributed by atoms with E-state index >= 15 is 0 Å². The molecule has 1 aromatic carbocycles. The smallest absolute Gasteiger partial charge is 0.246 e. The Bertz CT molecular complexity index is 1400. The Morgan fingerprint density at radius 1 is 1.18 bits per heavy atom. The summed E-state index contributed by atoms with van der Waals surface area (Å²) in [6.45, 7) is 10.4. The number of rotatable bonds is 6. The van der Waals surface area contributed by atoms with Crippen molar-refractivity contribution in [1.82, 2.24) is 24.6 Å². The Labute approximate surface area is 225 Å². The number of amides is 1. The molecule has 1 fully saturated rings. The summed E-state index contributed by atoms with van der Waals surface area (Å²) in [4.78, 5) is 22.1. The fourth-order valence-corrected chi connectivity index (χ4v) is 5.08. The second-order valence-corrected chi connectivity index (χ2v) is 11.6. The van der Waals surface area contributed by atoms with Gasteiger partial charge >= 0.3 is 0 Å². The van der Waals surface area contributed by atoms with E-state index in [4.69, 9.17) is 5.10 Å². The van der Waals surface area contributed by atoms with Crippen LogP contribution in [0, 0.1) is 24.2 Å². The van der Waals surface area contributed by atoms with E-state index in [0.29, 0.717) is 24.6 Å². The summed E-state index contributed by atoms with van der Waals surface area (Å²) in [6.07, 6.45) is 9.59. The Morgan fingerprint density at radius 2 is 1.92 bits per heavy atom. The molecule has 2 aliphatic rings. The van der Waals surface area contributed by atoms with Gasteiger partial charge in [-0.15, -0.1) is 0 Å². The highest BCUT2D eigenvalue weighted by Gasteiger charge is 2.41. The molecule has 1 saturated carbocycles. The molecule has 0 bridgehead atoms. The van der Waals surface area contributed by atoms with Crippen molar-refractivity contribution in [3.8, 4) is 28.5 Å². The van der Waals surface area contributed by atoms with Crippen LogP contribution in [0.1, 0.15) is 50.4 Å². The van der Waals surface area contributed by atoms with Crippen molar-refractivity contribution in [3.05, 3.63) is 71.7 Å². The van der Waals surface area contributed by atoms with Gasteiger partial charge < -0.3 is 4.90 Å². The van der Waals surface area contributed by atoms with Crippen molar-refractivity contribution in [2.24, 2.45) is 5.92 Å². The maximum atomic E-state index is 13.6. The van der Waals surface area contributed by atoms with Crippen LogP contribution in [0.2, 0.25) is 0 Å². The van der Waals surface area contributed by atoms with Gasteiger partial charge in [-0.2, -0.15) is 10.4 Å². The predicted molar refractivity (Wildman–Crippen MR) is 149 cm³/mol. The van der Waals surface area contributed by atoms with Crippen LogP contribution in [0.5, 0.6) is 0 Å². The van der Waals surface area contributed by atoms with Crippen molar-refractivity contribution in [3.63, 3.8) is 0 Å². The summed E-state index contributed by atoms with van der Waals surface area (Å²) >= 11 is 0. The van der Waals surface area contributed by atoms with Gasteiger partial charge in [0.05, 0.1) is 36.5 Å². The number of nitriles is 1. The van der Waals surface area contributed by atoms with E-state index in [1.807, 2.05) is 48.2 Å². The summed E-state index contributed by atoms with van der Waals surface area (Å²) in [5.41, 5.74) is 6.42. The standard InChI is InChI=1S/C31H36N6O/c1-21-8-9-24(17-25(21)18-32)30-29(23-12-14-33-15-13-23)27-19-36(26(22-10-11-22)20-37(27)34-30)28(38)7-6-16-35(5)31(2,3)4/h6-9,12-15,17,22,26H,10-11,16,19-20H2,1-5H3/b7-6+/t26-/m1/s1. The SMILES string of the molecule is Cc1ccc(-c2nn3c(c2-c2ccncc2)CN(C(=O)/C=C/CN(C)C(C)(C)C)[C@@H](C2CC2)C3)cc1C#N. The predicted octanol–water partition coefficient (Wildman–Crippen LogP) is 5.20. The second-order valence-electron chi connectivity index (χ2n) is 11.6. The first-order valence-corrected chi connectivity index (χ1v) is 13.4. The molecular weight excluding hydrogens is 472 g/mol. The third kappa shape index (κ3) is 5.14. The molecule has 7 nitrogen and oxygen atoms in total. The summed E-state index contributed by atoms with van der Waals surface area (Å²) in [5.74, 6) is 0.570. The van der Waals surface area contributed by atoms with E-state index in [2.05, 4.69) is 48.5 Å². The summed E-state index contributed by atoms with van der Waals surface area (Å²) < 4.78 is 2.10. The number of fused-ring (bicyclic) bond motifs is 1. The number of pyridine rings is 1. The molecule has 3 aromatic rings. The largest absolute Gasteiger partial charge is 0.328 e. The fraction of sp³-hybridized carbons (Fsp3) is 0.419. The number of hydrogen-bond acceptors (Lipinski definition) is 5. The van der Waals surface area contributed by atoms with Crippen LogP contribution in [0.15, 0.2) is 54.9 Å². The highest BCUT2D eigenvalue weighted by molar-refractivity contribution is 5.89. The molecule has 3 heterocycles. The van der Waals surface area contributed by atoms with Gasteiger partial charge in [0.1, 0.15) is 5.69 Å². The number of aryl methyl sites for hydroxylation is 1. The average molecular weight is 509 g/mol. The monoisotopic (exact) mass is 508 g/mol. The zero-order valence-electron chi connectivity index (χ0n) is 23.0. The van der Waals surface area contributed by atoms with Crippen LogP contribution in [0.3, 0.4) is 0 Å². The first-order valence-electron chi connectivity index (χ1n) is 13.4. The van der Waals surface area contributed by atoms with Crippen molar-refractivity contribution >= 4 is 5.91 Å². The zero-order chi connectivity index (χ0) is 27.0. The van der Waals surface area contributed by atoms with Gasteiger partial charge in [-0.25, -0.2) is 0 Å². The minimum atomic E-state index is 0.0405. The first-order chi connectivity index (χ1) is 18.2. The van der Waals surface area contributed by atoms with E-state index in [-0.39, 0.29) is 17.5 Å². The molecule has 1 aliphatic carbocycles. The number of carbonyl (C=O) groups is 1. The highest BCUT2D eigenvalue weighted by Crippen LogP contribution is 2.42. The molecule has 38 heavy (non-hydrogen) atoms. The Hall–Kier alpha value is -3.76. The van der Waals surface area contributed by atoms with Crippen LogP contribution in [0.25, 0.3) is 22.4 Å². The van der Waals surface area contributed by atoms with Gasteiger partial charge in [-0.1, -0.05) is 18.2 Å². The molecule has 0 unspecified atom stereocenters. The molecule has 0 saturated heterocycles. The van der Waals surface area contributed by atoms with Gasteiger partial charge in [-0.3, -0.25) is 19.4 Å². The summed E-state index contributed by atoms with van der Waals surface area (Å²) in [6, 6.07) is 12.3.